The van der Waals surface area contributed by atoms with Crippen LogP contribution in [0.1, 0.15) is 15.9 Å². The fourth-order valence-electron chi connectivity index (χ4n) is 3.76. The van der Waals surface area contributed by atoms with E-state index in [0.29, 0.717) is 21.4 Å². The molecule has 2 heterocycles. The van der Waals surface area contributed by atoms with Gasteiger partial charge < -0.3 is 9.80 Å². The predicted molar refractivity (Wildman–Crippen MR) is 110 cm³/mol. The summed E-state index contributed by atoms with van der Waals surface area (Å²) in [5, 5.41) is 4.59. The zero-order chi connectivity index (χ0) is 23.8. The van der Waals surface area contributed by atoms with Gasteiger partial charge in [0.1, 0.15) is 5.82 Å². The lowest BCUT2D eigenvalue weighted by molar-refractivity contribution is -0.186. The van der Waals surface area contributed by atoms with Gasteiger partial charge in [-0.2, -0.15) is 18.3 Å². The number of fused-ring (bicyclic) bond motifs is 1. The van der Waals surface area contributed by atoms with Crippen LogP contribution in [0.3, 0.4) is 0 Å². The second-order valence-electron chi connectivity index (χ2n) is 7.58. The molecule has 0 aliphatic carbocycles. The van der Waals surface area contributed by atoms with Crippen molar-refractivity contribution in [2.75, 3.05) is 26.2 Å². The van der Waals surface area contributed by atoms with E-state index in [2.05, 4.69) is 5.10 Å². The van der Waals surface area contributed by atoms with E-state index >= 15 is 0 Å². The van der Waals surface area contributed by atoms with Gasteiger partial charge in [0, 0.05) is 31.6 Å². The van der Waals surface area contributed by atoms with Crippen LogP contribution in [0.5, 0.6) is 0 Å². The SMILES string of the molecule is O=C(c1cc(Cn2ncc(=O)c3ccccc32)ccc1F)N1CCN(C(=O)C(F)(F)F)CC1. The molecule has 0 atom stereocenters. The van der Waals surface area contributed by atoms with Crippen LogP contribution in [-0.4, -0.2) is 63.7 Å². The molecule has 11 heteroatoms. The molecule has 33 heavy (non-hydrogen) atoms. The highest BCUT2D eigenvalue weighted by molar-refractivity contribution is 5.95. The lowest BCUT2D eigenvalue weighted by Crippen LogP contribution is -2.53. The Kier molecular flexibility index (Phi) is 5.88. The molecule has 0 spiro atoms. The maximum atomic E-state index is 14.5. The number of benzene rings is 2. The number of hydrogen-bond acceptors (Lipinski definition) is 4. The van der Waals surface area contributed by atoms with Crippen molar-refractivity contribution in [1.29, 1.82) is 0 Å². The van der Waals surface area contributed by atoms with Gasteiger partial charge >= 0.3 is 12.1 Å². The monoisotopic (exact) mass is 462 g/mol. The first-order valence-corrected chi connectivity index (χ1v) is 10.0. The van der Waals surface area contributed by atoms with E-state index in [0.717, 1.165) is 6.07 Å². The molecular formula is C22H18F4N4O3. The van der Waals surface area contributed by atoms with E-state index in [-0.39, 0.29) is 43.7 Å². The Hall–Kier alpha value is -3.76. The molecule has 2 amide bonds. The average molecular weight is 462 g/mol. The normalized spacial score (nSPS) is 14.5. The van der Waals surface area contributed by atoms with E-state index in [9.17, 15) is 31.9 Å². The molecule has 172 valence electrons. The second-order valence-corrected chi connectivity index (χ2v) is 7.58. The van der Waals surface area contributed by atoms with Gasteiger partial charge in [0.05, 0.1) is 23.8 Å². The van der Waals surface area contributed by atoms with Gasteiger partial charge in [0.2, 0.25) is 5.43 Å². The number of rotatable bonds is 3. The van der Waals surface area contributed by atoms with Crippen LogP contribution in [0.15, 0.2) is 53.5 Å². The minimum atomic E-state index is -4.98. The Bertz CT molecular complexity index is 1280. The summed E-state index contributed by atoms with van der Waals surface area (Å²) >= 11 is 0. The molecule has 0 bridgehead atoms. The van der Waals surface area contributed by atoms with Crippen LogP contribution in [0, 0.1) is 5.82 Å². The smallest absolute Gasteiger partial charge is 0.335 e. The Morgan fingerprint density at radius 3 is 2.33 bits per heavy atom. The van der Waals surface area contributed by atoms with Gasteiger partial charge in [-0.15, -0.1) is 0 Å². The van der Waals surface area contributed by atoms with Crippen LogP contribution in [0.25, 0.3) is 10.9 Å². The van der Waals surface area contributed by atoms with E-state index < -0.39 is 23.8 Å². The topological polar surface area (TPSA) is 75.5 Å². The first kappa shape index (κ1) is 22.4. The first-order chi connectivity index (χ1) is 15.6. The highest BCUT2D eigenvalue weighted by Crippen LogP contribution is 2.21. The lowest BCUT2D eigenvalue weighted by atomic mass is 10.1. The third kappa shape index (κ3) is 4.57. The summed E-state index contributed by atoms with van der Waals surface area (Å²) in [6, 6.07) is 10.9. The van der Waals surface area contributed by atoms with Gasteiger partial charge in [-0.1, -0.05) is 18.2 Å². The minimum Gasteiger partial charge on any atom is -0.335 e. The molecule has 7 nitrogen and oxygen atoms in total. The molecule has 3 aromatic rings. The van der Waals surface area contributed by atoms with E-state index in [1.165, 1.54) is 23.2 Å². The van der Waals surface area contributed by atoms with Crippen molar-refractivity contribution in [3.63, 3.8) is 0 Å². The average Bonchev–Trinajstić information content (AvgIpc) is 2.81. The third-order valence-corrected chi connectivity index (χ3v) is 5.45. The molecular weight excluding hydrogens is 444 g/mol. The van der Waals surface area contributed by atoms with Crippen molar-refractivity contribution >= 4 is 22.7 Å². The van der Waals surface area contributed by atoms with Gasteiger partial charge in [-0.3, -0.25) is 19.1 Å². The highest BCUT2D eigenvalue weighted by Gasteiger charge is 2.43. The van der Waals surface area contributed by atoms with Crippen molar-refractivity contribution in [2.45, 2.75) is 12.7 Å². The summed E-state index contributed by atoms with van der Waals surface area (Å²) in [5.74, 6) is -3.40. The third-order valence-electron chi connectivity index (χ3n) is 5.45. The maximum Gasteiger partial charge on any atom is 0.471 e. The molecule has 1 aromatic heterocycles. The van der Waals surface area contributed by atoms with Crippen LogP contribution < -0.4 is 5.43 Å². The number of alkyl halides is 3. The number of halogens is 4. The summed E-state index contributed by atoms with van der Waals surface area (Å²) in [4.78, 5) is 38.1. The molecule has 0 N–H and O–H groups in total. The Labute approximate surface area is 184 Å². The molecule has 1 aliphatic heterocycles. The lowest BCUT2D eigenvalue weighted by Gasteiger charge is -2.35. The van der Waals surface area contributed by atoms with Crippen molar-refractivity contribution < 1.29 is 27.2 Å². The number of carbonyl (C=O) groups excluding carboxylic acids is 2. The summed E-state index contributed by atoms with van der Waals surface area (Å²) in [6.45, 7) is -0.709. The molecule has 0 radical (unpaired) electrons. The fraction of sp³-hybridized carbons (Fsp3) is 0.273. The molecule has 0 unspecified atom stereocenters. The van der Waals surface area contributed by atoms with Crippen molar-refractivity contribution in [3.8, 4) is 0 Å². The Balaban J connectivity index is 1.53. The van der Waals surface area contributed by atoms with E-state index in [1.54, 1.807) is 28.9 Å². The molecule has 1 aliphatic rings. The molecule has 1 fully saturated rings. The van der Waals surface area contributed by atoms with Crippen molar-refractivity contribution in [1.82, 2.24) is 19.6 Å². The molecule has 4 rings (SSSR count). The summed E-state index contributed by atoms with van der Waals surface area (Å²) in [7, 11) is 0. The number of piperazine rings is 1. The number of amides is 2. The maximum absolute atomic E-state index is 14.5. The number of aromatic nitrogens is 2. The van der Waals surface area contributed by atoms with Gasteiger partial charge in [-0.25, -0.2) is 4.39 Å². The van der Waals surface area contributed by atoms with Crippen LogP contribution in [0.2, 0.25) is 0 Å². The molecule has 1 saturated heterocycles. The zero-order valence-corrected chi connectivity index (χ0v) is 17.2. The van der Waals surface area contributed by atoms with Crippen LogP contribution in [0.4, 0.5) is 17.6 Å². The predicted octanol–water partition coefficient (Wildman–Crippen LogP) is 2.43. The standard InChI is InChI=1S/C22H18F4N4O3/c23-17-6-5-14(13-30-18-4-2-1-3-15(18)19(31)12-27-30)11-16(17)20(32)28-7-9-29(10-8-28)21(33)22(24,25)26/h1-6,11-12H,7-10,13H2. The minimum absolute atomic E-state index is 0.143. The first-order valence-electron chi connectivity index (χ1n) is 10.0. The largest absolute Gasteiger partial charge is 0.471 e. The van der Waals surface area contributed by atoms with Crippen molar-refractivity contribution in [2.24, 2.45) is 0 Å². The number of nitrogens with zero attached hydrogens (tertiary/aromatic N) is 4. The van der Waals surface area contributed by atoms with E-state index in [1.807, 2.05) is 0 Å². The van der Waals surface area contributed by atoms with E-state index in [4.69, 9.17) is 0 Å². The summed E-state index contributed by atoms with van der Waals surface area (Å²) in [6.07, 6.45) is -3.80. The summed E-state index contributed by atoms with van der Waals surface area (Å²) in [5.41, 5.74) is 0.660. The number of carbonyl (C=O) groups is 2. The number of para-hydroxylation sites is 1. The van der Waals surface area contributed by atoms with Gasteiger partial charge in [0.15, 0.2) is 0 Å². The van der Waals surface area contributed by atoms with Crippen LogP contribution in [-0.2, 0) is 11.3 Å². The molecule has 2 aromatic carbocycles. The highest BCUT2D eigenvalue weighted by atomic mass is 19.4. The van der Waals surface area contributed by atoms with Crippen molar-refractivity contribution in [3.05, 3.63) is 75.8 Å². The van der Waals surface area contributed by atoms with Crippen LogP contribution >= 0.6 is 0 Å². The Morgan fingerprint density at radius 1 is 0.970 bits per heavy atom. The number of hydrogen-bond donors (Lipinski definition) is 0. The van der Waals surface area contributed by atoms with Gasteiger partial charge in [-0.05, 0) is 29.8 Å². The quantitative estimate of drug-likeness (QED) is 0.561. The second kappa shape index (κ2) is 8.64. The molecule has 0 saturated carbocycles. The zero-order valence-electron chi connectivity index (χ0n) is 17.2. The van der Waals surface area contributed by atoms with Gasteiger partial charge in [0.25, 0.3) is 5.91 Å². The Morgan fingerprint density at radius 2 is 1.64 bits per heavy atom. The summed E-state index contributed by atoms with van der Waals surface area (Å²) < 4.78 is 53.8. The fourth-order valence-corrected chi connectivity index (χ4v) is 3.76.